The van der Waals surface area contributed by atoms with E-state index in [9.17, 15) is 9.36 Å². The third-order valence-electron chi connectivity index (χ3n) is 2.25. The molecule has 5 heteroatoms. The minimum absolute atomic E-state index is 0.318. The second-order valence-electron chi connectivity index (χ2n) is 3.41. The Morgan fingerprint density at radius 2 is 1.94 bits per heavy atom. The first-order chi connectivity index (χ1) is 8.17. The molecule has 0 saturated carbocycles. The number of hydrogen-bond acceptors (Lipinski definition) is 4. The largest absolute Gasteiger partial charge is 0.508 e. The van der Waals surface area contributed by atoms with Crippen LogP contribution in [0, 0.1) is 0 Å². The van der Waals surface area contributed by atoms with Gasteiger partial charge in [-0.25, -0.2) is 4.79 Å². The van der Waals surface area contributed by atoms with E-state index in [2.05, 4.69) is 0 Å². The zero-order valence-electron chi connectivity index (χ0n) is 10.0. The summed E-state index contributed by atoms with van der Waals surface area (Å²) in [7, 11) is -0.136. The molecule has 0 fully saturated rings. The zero-order valence-corrected chi connectivity index (χ0v) is 10.9. The Kier molecular flexibility index (Phi) is 5.81. The standard InChI is InChI=1S/C12H16O4P/c1-3-16-12(13)11-6-4-10(5-7-11)8-9-17(14)15-2/h4-7H,3,8-9H2,1-2H3/q+1. The van der Waals surface area contributed by atoms with E-state index < -0.39 is 8.03 Å². The fourth-order valence-electron chi connectivity index (χ4n) is 1.33. The average molecular weight is 255 g/mol. The fraction of sp³-hybridized carbons (Fsp3) is 0.417. The Labute approximate surface area is 102 Å². The van der Waals surface area contributed by atoms with Gasteiger partial charge in [-0.1, -0.05) is 12.1 Å². The molecule has 0 aliphatic rings. The Balaban J connectivity index is 2.56. The molecule has 0 amide bonds. The van der Waals surface area contributed by atoms with E-state index in [1.807, 2.05) is 12.1 Å². The summed E-state index contributed by atoms with van der Waals surface area (Å²) < 4.78 is 20.7. The molecule has 0 radical (unpaired) electrons. The predicted octanol–water partition coefficient (Wildman–Crippen LogP) is 2.79. The summed E-state index contributed by atoms with van der Waals surface area (Å²) >= 11 is 0. The highest BCUT2D eigenvalue weighted by Gasteiger charge is 2.14. The molecular formula is C12H16O4P+. The fourth-order valence-corrected chi connectivity index (χ4v) is 1.96. The molecule has 4 nitrogen and oxygen atoms in total. The molecule has 0 aromatic heterocycles. The van der Waals surface area contributed by atoms with Crippen LogP contribution in [0.25, 0.3) is 0 Å². The van der Waals surface area contributed by atoms with Crippen molar-refractivity contribution in [3.8, 4) is 0 Å². The van der Waals surface area contributed by atoms with Gasteiger partial charge in [-0.3, -0.25) is 0 Å². The number of rotatable bonds is 6. The number of carbonyl (C=O) groups is 1. The molecule has 92 valence electrons. The zero-order chi connectivity index (χ0) is 12.7. The van der Waals surface area contributed by atoms with Gasteiger partial charge in [0.15, 0.2) is 6.16 Å². The van der Waals surface area contributed by atoms with Crippen LogP contribution in [0.3, 0.4) is 0 Å². The Morgan fingerprint density at radius 3 is 2.47 bits per heavy atom. The second kappa shape index (κ2) is 7.15. The van der Waals surface area contributed by atoms with Gasteiger partial charge < -0.3 is 4.74 Å². The molecule has 0 saturated heterocycles. The highest BCUT2D eigenvalue weighted by molar-refractivity contribution is 7.39. The summed E-state index contributed by atoms with van der Waals surface area (Å²) in [6, 6.07) is 7.11. The van der Waals surface area contributed by atoms with E-state index in [1.54, 1.807) is 19.1 Å². The van der Waals surface area contributed by atoms with Crippen LogP contribution in [0.5, 0.6) is 0 Å². The van der Waals surface area contributed by atoms with Crippen LogP contribution in [-0.4, -0.2) is 25.8 Å². The first kappa shape index (κ1) is 13.8. The van der Waals surface area contributed by atoms with Crippen LogP contribution >= 0.6 is 8.03 Å². The Hall–Kier alpha value is -1.25. The van der Waals surface area contributed by atoms with Gasteiger partial charge >= 0.3 is 14.0 Å². The van der Waals surface area contributed by atoms with Crippen molar-refractivity contribution in [2.75, 3.05) is 19.9 Å². The molecule has 0 spiro atoms. The van der Waals surface area contributed by atoms with Crippen molar-refractivity contribution in [3.05, 3.63) is 35.4 Å². The van der Waals surface area contributed by atoms with Crippen LogP contribution in [0.4, 0.5) is 0 Å². The van der Waals surface area contributed by atoms with Crippen molar-refractivity contribution in [2.24, 2.45) is 0 Å². The van der Waals surface area contributed by atoms with Crippen LogP contribution in [0.1, 0.15) is 22.8 Å². The van der Waals surface area contributed by atoms with Gasteiger partial charge in [0.1, 0.15) is 0 Å². The lowest BCUT2D eigenvalue weighted by molar-refractivity contribution is 0.0526. The molecule has 0 aliphatic carbocycles. The highest BCUT2D eigenvalue weighted by atomic mass is 31.1. The van der Waals surface area contributed by atoms with E-state index in [1.165, 1.54) is 7.11 Å². The summed E-state index contributed by atoms with van der Waals surface area (Å²) in [4.78, 5) is 11.4. The third-order valence-corrected chi connectivity index (χ3v) is 3.25. The first-order valence-electron chi connectivity index (χ1n) is 5.42. The number of esters is 1. The van der Waals surface area contributed by atoms with Gasteiger partial charge in [-0.15, -0.1) is 4.52 Å². The van der Waals surface area contributed by atoms with Gasteiger partial charge in [0.05, 0.1) is 19.3 Å². The summed E-state index contributed by atoms with van der Waals surface area (Å²) in [5, 5.41) is 0. The molecular weight excluding hydrogens is 239 g/mol. The smallest absolute Gasteiger partial charge is 0.462 e. The normalized spacial score (nSPS) is 11.1. The summed E-state index contributed by atoms with van der Waals surface area (Å²) in [6.45, 7) is 2.14. The molecule has 0 aliphatic heterocycles. The molecule has 0 bridgehead atoms. The lowest BCUT2D eigenvalue weighted by Crippen LogP contribution is -2.04. The Morgan fingerprint density at radius 1 is 1.29 bits per heavy atom. The van der Waals surface area contributed by atoms with E-state index in [0.717, 1.165) is 5.56 Å². The molecule has 1 unspecified atom stereocenters. The first-order valence-corrected chi connectivity index (χ1v) is 6.78. The molecule has 1 rings (SSSR count). The number of benzene rings is 1. The van der Waals surface area contributed by atoms with E-state index >= 15 is 0 Å². The summed E-state index contributed by atoms with van der Waals surface area (Å²) in [6.07, 6.45) is 1.16. The van der Waals surface area contributed by atoms with Crippen LogP contribution in [-0.2, 0) is 20.2 Å². The quantitative estimate of drug-likeness (QED) is 0.579. The van der Waals surface area contributed by atoms with E-state index in [-0.39, 0.29) is 5.97 Å². The lowest BCUT2D eigenvalue weighted by Gasteiger charge is -2.02. The van der Waals surface area contributed by atoms with Crippen LogP contribution in [0.15, 0.2) is 24.3 Å². The maximum Gasteiger partial charge on any atom is 0.508 e. The third kappa shape index (κ3) is 4.63. The van der Waals surface area contributed by atoms with Gasteiger partial charge in [0, 0.05) is 6.42 Å². The van der Waals surface area contributed by atoms with Crippen molar-refractivity contribution in [3.63, 3.8) is 0 Å². The van der Waals surface area contributed by atoms with E-state index in [0.29, 0.717) is 24.8 Å². The van der Waals surface area contributed by atoms with Gasteiger partial charge in [0.2, 0.25) is 0 Å². The molecule has 1 aromatic rings. The van der Waals surface area contributed by atoms with Crippen molar-refractivity contribution in [1.82, 2.24) is 0 Å². The maximum absolute atomic E-state index is 11.4. The van der Waals surface area contributed by atoms with Crippen LogP contribution < -0.4 is 0 Å². The maximum atomic E-state index is 11.4. The van der Waals surface area contributed by atoms with Gasteiger partial charge in [-0.05, 0) is 29.2 Å². The SMILES string of the molecule is CCOC(=O)c1ccc(CC[P+](=O)OC)cc1. The molecule has 17 heavy (non-hydrogen) atoms. The number of carbonyl (C=O) groups excluding carboxylic acids is 1. The number of ether oxygens (including phenoxy) is 1. The monoisotopic (exact) mass is 255 g/mol. The number of aryl methyl sites for hydroxylation is 1. The minimum Gasteiger partial charge on any atom is -0.462 e. The Bertz CT molecular complexity index is 386. The summed E-state index contributed by atoms with van der Waals surface area (Å²) in [5.74, 6) is -0.318. The van der Waals surface area contributed by atoms with Gasteiger partial charge in [-0.2, -0.15) is 0 Å². The van der Waals surface area contributed by atoms with Crippen molar-refractivity contribution < 1.29 is 18.6 Å². The molecule has 1 aromatic carbocycles. The topological polar surface area (TPSA) is 52.6 Å². The molecule has 1 atom stereocenters. The predicted molar refractivity (Wildman–Crippen MR) is 65.6 cm³/mol. The second-order valence-corrected chi connectivity index (χ2v) is 4.88. The van der Waals surface area contributed by atoms with E-state index in [4.69, 9.17) is 9.26 Å². The van der Waals surface area contributed by atoms with Crippen molar-refractivity contribution in [1.29, 1.82) is 0 Å². The van der Waals surface area contributed by atoms with Crippen LogP contribution in [0.2, 0.25) is 0 Å². The summed E-state index contributed by atoms with van der Waals surface area (Å²) in [5.41, 5.74) is 1.56. The van der Waals surface area contributed by atoms with Crippen molar-refractivity contribution >= 4 is 14.0 Å². The van der Waals surface area contributed by atoms with Gasteiger partial charge in [0.25, 0.3) is 0 Å². The molecule has 0 heterocycles. The minimum atomic E-state index is -1.57. The highest BCUT2D eigenvalue weighted by Crippen LogP contribution is 2.21. The lowest BCUT2D eigenvalue weighted by atomic mass is 10.1. The van der Waals surface area contributed by atoms with Crippen molar-refractivity contribution in [2.45, 2.75) is 13.3 Å². The number of hydrogen-bond donors (Lipinski definition) is 0. The molecule has 0 N–H and O–H groups in total. The average Bonchev–Trinajstić information content (AvgIpc) is 2.36.